The summed E-state index contributed by atoms with van der Waals surface area (Å²) in [6.07, 6.45) is 0.570. The first-order valence-electron chi connectivity index (χ1n) is 9.15. The largest absolute Gasteiger partial charge is 0.336 e. The second-order valence-corrected chi connectivity index (χ2v) is 7.18. The maximum atomic E-state index is 12.9. The highest BCUT2D eigenvalue weighted by molar-refractivity contribution is 5.99. The number of anilines is 1. The van der Waals surface area contributed by atoms with E-state index in [1.54, 1.807) is 24.3 Å². The molecule has 5 heteroatoms. The van der Waals surface area contributed by atoms with Crippen LogP contribution in [0.1, 0.15) is 31.4 Å². The van der Waals surface area contributed by atoms with Crippen LogP contribution in [0, 0.1) is 23.2 Å². The zero-order chi connectivity index (χ0) is 19.4. The normalized spacial score (nSPS) is 17.9. The molecule has 0 aromatic heterocycles. The average molecular weight is 361 g/mol. The van der Waals surface area contributed by atoms with Crippen LogP contribution in [-0.2, 0) is 16.1 Å². The molecule has 138 valence electrons. The van der Waals surface area contributed by atoms with Gasteiger partial charge in [-0.3, -0.25) is 9.59 Å². The Morgan fingerprint density at radius 3 is 2.56 bits per heavy atom. The first-order valence-corrected chi connectivity index (χ1v) is 9.15. The van der Waals surface area contributed by atoms with Crippen LogP contribution in [0.15, 0.2) is 54.6 Å². The van der Waals surface area contributed by atoms with E-state index in [-0.39, 0.29) is 29.7 Å². The third-order valence-corrected chi connectivity index (χ3v) is 4.81. The minimum absolute atomic E-state index is 0.0276. The van der Waals surface area contributed by atoms with Gasteiger partial charge in [0.15, 0.2) is 0 Å². The van der Waals surface area contributed by atoms with Gasteiger partial charge < -0.3 is 10.2 Å². The standard InChI is InChI=1S/C22H23N3O2/c1-15(2)25(14-16-7-4-3-5-8-16)22(27)20-12-19(20)21(26)24-18-10-6-9-17(11-18)13-23/h3-11,15,19-20H,12,14H2,1-2H3,(H,24,26). The van der Waals surface area contributed by atoms with E-state index in [1.807, 2.05) is 49.1 Å². The van der Waals surface area contributed by atoms with Crippen LogP contribution >= 0.6 is 0 Å². The highest BCUT2D eigenvalue weighted by Crippen LogP contribution is 2.41. The molecular weight excluding hydrogens is 338 g/mol. The van der Waals surface area contributed by atoms with Crippen molar-refractivity contribution in [2.75, 3.05) is 5.32 Å². The molecule has 5 nitrogen and oxygen atoms in total. The van der Waals surface area contributed by atoms with Crippen LogP contribution in [0.4, 0.5) is 5.69 Å². The second kappa shape index (κ2) is 8.05. The second-order valence-electron chi connectivity index (χ2n) is 7.18. The molecule has 1 aliphatic carbocycles. The number of amides is 2. The molecule has 2 unspecified atom stereocenters. The van der Waals surface area contributed by atoms with Crippen LogP contribution < -0.4 is 5.32 Å². The molecule has 0 bridgehead atoms. The minimum atomic E-state index is -0.305. The molecule has 1 N–H and O–H groups in total. The molecule has 0 saturated heterocycles. The quantitative estimate of drug-likeness (QED) is 0.855. The number of hydrogen-bond donors (Lipinski definition) is 1. The zero-order valence-electron chi connectivity index (χ0n) is 15.6. The van der Waals surface area contributed by atoms with Gasteiger partial charge in [-0.1, -0.05) is 36.4 Å². The fraction of sp³-hybridized carbons (Fsp3) is 0.318. The first-order chi connectivity index (χ1) is 13.0. The Morgan fingerprint density at radius 1 is 1.15 bits per heavy atom. The van der Waals surface area contributed by atoms with Crippen molar-refractivity contribution in [2.45, 2.75) is 32.9 Å². The number of benzene rings is 2. The lowest BCUT2D eigenvalue weighted by Crippen LogP contribution is -2.38. The molecule has 0 heterocycles. The average Bonchev–Trinajstić information content (AvgIpc) is 3.47. The van der Waals surface area contributed by atoms with Crippen molar-refractivity contribution in [1.82, 2.24) is 4.90 Å². The van der Waals surface area contributed by atoms with E-state index < -0.39 is 0 Å². The summed E-state index contributed by atoms with van der Waals surface area (Å²) >= 11 is 0. The van der Waals surface area contributed by atoms with Crippen molar-refractivity contribution >= 4 is 17.5 Å². The van der Waals surface area contributed by atoms with Crippen LogP contribution in [-0.4, -0.2) is 22.8 Å². The summed E-state index contributed by atoms with van der Waals surface area (Å²) in [4.78, 5) is 27.2. The lowest BCUT2D eigenvalue weighted by atomic mass is 10.1. The molecule has 2 atom stereocenters. The number of hydrogen-bond acceptors (Lipinski definition) is 3. The summed E-state index contributed by atoms with van der Waals surface area (Å²) in [6, 6.07) is 18.8. The lowest BCUT2D eigenvalue weighted by Gasteiger charge is -2.27. The van der Waals surface area contributed by atoms with Gasteiger partial charge in [0.1, 0.15) is 0 Å². The smallest absolute Gasteiger partial charge is 0.228 e. The van der Waals surface area contributed by atoms with Crippen molar-refractivity contribution in [3.05, 3.63) is 65.7 Å². The monoisotopic (exact) mass is 361 g/mol. The number of nitrogens with zero attached hydrogens (tertiary/aromatic N) is 2. The Balaban J connectivity index is 1.62. The maximum absolute atomic E-state index is 12.9. The Bertz CT molecular complexity index is 871. The SMILES string of the molecule is CC(C)N(Cc1ccccc1)C(=O)C1CC1C(=O)Nc1cccc(C#N)c1. The Labute approximate surface area is 159 Å². The fourth-order valence-electron chi connectivity index (χ4n) is 3.17. The topological polar surface area (TPSA) is 73.2 Å². The third-order valence-electron chi connectivity index (χ3n) is 4.81. The Hall–Kier alpha value is -3.13. The summed E-state index contributed by atoms with van der Waals surface area (Å²) in [5, 5.41) is 11.8. The molecule has 1 fully saturated rings. The summed E-state index contributed by atoms with van der Waals surface area (Å²) in [7, 11) is 0. The molecule has 1 aliphatic rings. The van der Waals surface area contributed by atoms with Crippen molar-refractivity contribution in [3.8, 4) is 6.07 Å². The number of carbonyl (C=O) groups excluding carboxylic acids is 2. The van der Waals surface area contributed by atoms with E-state index in [1.165, 1.54) is 0 Å². The highest BCUT2D eigenvalue weighted by Gasteiger charge is 2.49. The molecule has 2 aromatic carbocycles. The fourth-order valence-corrected chi connectivity index (χ4v) is 3.17. The Kier molecular flexibility index (Phi) is 5.56. The van der Waals surface area contributed by atoms with Gasteiger partial charge in [0, 0.05) is 18.3 Å². The van der Waals surface area contributed by atoms with E-state index in [9.17, 15) is 9.59 Å². The van der Waals surface area contributed by atoms with Crippen molar-refractivity contribution in [2.24, 2.45) is 11.8 Å². The van der Waals surface area contributed by atoms with E-state index >= 15 is 0 Å². The molecule has 2 amide bonds. The molecule has 0 aliphatic heterocycles. The molecule has 1 saturated carbocycles. The molecule has 27 heavy (non-hydrogen) atoms. The highest BCUT2D eigenvalue weighted by atomic mass is 16.2. The van der Waals surface area contributed by atoms with E-state index in [2.05, 4.69) is 11.4 Å². The lowest BCUT2D eigenvalue weighted by molar-refractivity contribution is -0.136. The summed E-state index contributed by atoms with van der Waals surface area (Å²) < 4.78 is 0. The number of rotatable bonds is 6. The van der Waals surface area contributed by atoms with Gasteiger partial charge in [-0.25, -0.2) is 0 Å². The number of nitriles is 1. The molecular formula is C22H23N3O2. The van der Waals surface area contributed by atoms with Crippen LogP contribution in [0.25, 0.3) is 0 Å². The number of nitrogens with one attached hydrogen (secondary N) is 1. The predicted molar refractivity (Wildman–Crippen MR) is 104 cm³/mol. The van der Waals surface area contributed by atoms with Gasteiger partial charge in [0.05, 0.1) is 23.5 Å². The van der Waals surface area contributed by atoms with Gasteiger partial charge in [-0.15, -0.1) is 0 Å². The van der Waals surface area contributed by atoms with Gasteiger partial charge in [-0.2, -0.15) is 5.26 Å². The number of carbonyl (C=O) groups is 2. The first kappa shape index (κ1) is 18.7. The van der Waals surface area contributed by atoms with Gasteiger partial charge in [-0.05, 0) is 44.0 Å². The summed E-state index contributed by atoms with van der Waals surface area (Å²) in [5.74, 6) is -0.706. The molecule has 3 rings (SSSR count). The zero-order valence-corrected chi connectivity index (χ0v) is 15.6. The van der Waals surface area contributed by atoms with E-state index in [0.717, 1.165) is 5.56 Å². The van der Waals surface area contributed by atoms with E-state index in [4.69, 9.17) is 5.26 Å². The van der Waals surface area contributed by atoms with Crippen molar-refractivity contribution in [1.29, 1.82) is 5.26 Å². The summed E-state index contributed by atoms with van der Waals surface area (Å²) in [6.45, 7) is 4.53. The molecule has 0 spiro atoms. The van der Waals surface area contributed by atoms with Crippen molar-refractivity contribution < 1.29 is 9.59 Å². The van der Waals surface area contributed by atoms with Crippen LogP contribution in [0.2, 0.25) is 0 Å². The minimum Gasteiger partial charge on any atom is -0.336 e. The van der Waals surface area contributed by atoms with Gasteiger partial charge in [0.25, 0.3) is 0 Å². The third kappa shape index (κ3) is 4.53. The molecule has 2 aromatic rings. The predicted octanol–water partition coefficient (Wildman–Crippen LogP) is 3.57. The van der Waals surface area contributed by atoms with Gasteiger partial charge >= 0.3 is 0 Å². The summed E-state index contributed by atoms with van der Waals surface area (Å²) in [5.41, 5.74) is 2.15. The van der Waals surface area contributed by atoms with E-state index in [0.29, 0.717) is 24.2 Å². The molecule has 0 radical (unpaired) electrons. The van der Waals surface area contributed by atoms with Crippen LogP contribution in [0.3, 0.4) is 0 Å². The maximum Gasteiger partial charge on any atom is 0.228 e. The van der Waals surface area contributed by atoms with Gasteiger partial charge in [0.2, 0.25) is 11.8 Å². The van der Waals surface area contributed by atoms with Crippen LogP contribution in [0.5, 0.6) is 0 Å². The van der Waals surface area contributed by atoms with Crippen molar-refractivity contribution in [3.63, 3.8) is 0 Å². The Morgan fingerprint density at radius 2 is 1.89 bits per heavy atom.